The van der Waals surface area contributed by atoms with Crippen molar-refractivity contribution in [2.45, 2.75) is 18.5 Å². The Balaban J connectivity index is 1.50. The van der Waals surface area contributed by atoms with Crippen molar-refractivity contribution in [2.24, 2.45) is 5.73 Å². The Morgan fingerprint density at radius 2 is 2.00 bits per heavy atom. The molecule has 1 saturated heterocycles. The molecule has 0 spiro atoms. The lowest BCUT2D eigenvalue weighted by atomic mass is 9.95. The molecule has 2 heterocycles. The van der Waals surface area contributed by atoms with Crippen molar-refractivity contribution < 1.29 is 0 Å². The van der Waals surface area contributed by atoms with E-state index >= 15 is 0 Å². The average Bonchev–Trinajstić information content (AvgIpc) is 3.14. The van der Waals surface area contributed by atoms with Gasteiger partial charge in [-0.3, -0.25) is 10.00 Å². The van der Waals surface area contributed by atoms with Crippen LogP contribution < -0.4 is 5.73 Å². The van der Waals surface area contributed by atoms with Crippen LogP contribution in [0.1, 0.15) is 17.0 Å². The van der Waals surface area contributed by atoms with Gasteiger partial charge >= 0.3 is 0 Å². The van der Waals surface area contributed by atoms with Gasteiger partial charge in [-0.1, -0.05) is 42.5 Å². The summed E-state index contributed by atoms with van der Waals surface area (Å²) in [6.45, 7) is 2.90. The van der Waals surface area contributed by atoms with E-state index in [2.05, 4.69) is 63.6 Å². The summed E-state index contributed by atoms with van der Waals surface area (Å²) in [4.78, 5) is 2.44. The summed E-state index contributed by atoms with van der Waals surface area (Å²) in [6.07, 6.45) is 1.86. The van der Waals surface area contributed by atoms with E-state index in [9.17, 15) is 0 Å². The number of aromatic amines is 1. The fourth-order valence-corrected chi connectivity index (χ4v) is 3.44. The third kappa shape index (κ3) is 2.51. The molecule has 4 nitrogen and oxygen atoms in total. The van der Waals surface area contributed by atoms with Gasteiger partial charge in [0.15, 0.2) is 0 Å². The van der Waals surface area contributed by atoms with E-state index in [1.807, 2.05) is 6.20 Å². The smallest absolute Gasteiger partial charge is 0.0653 e. The molecule has 0 radical (unpaired) electrons. The van der Waals surface area contributed by atoms with Gasteiger partial charge in [0.25, 0.3) is 0 Å². The second kappa shape index (κ2) is 5.55. The van der Waals surface area contributed by atoms with Gasteiger partial charge in [-0.05, 0) is 17.2 Å². The molecule has 112 valence electrons. The largest absolute Gasteiger partial charge is 0.326 e. The first-order valence-electron chi connectivity index (χ1n) is 7.74. The number of nitrogens with two attached hydrogens (primary N) is 1. The summed E-state index contributed by atoms with van der Waals surface area (Å²) in [7, 11) is 0. The molecule has 1 aliphatic heterocycles. The molecule has 1 aromatic heterocycles. The Bertz CT molecular complexity index is 765. The number of rotatable bonds is 3. The van der Waals surface area contributed by atoms with Crippen molar-refractivity contribution in [1.82, 2.24) is 15.1 Å². The predicted octanol–water partition coefficient (Wildman–Crippen LogP) is 2.49. The lowest BCUT2D eigenvalue weighted by molar-refractivity contribution is 0.324. The van der Waals surface area contributed by atoms with E-state index in [0.717, 1.165) is 30.5 Å². The van der Waals surface area contributed by atoms with Gasteiger partial charge in [-0.15, -0.1) is 0 Å². The van der Waals surface area contributed by atoms with E-state index in [1.54, 1.807) is 0 Å². The monoisotopic (exact) mass is 292 g/mol. The molecule has 2 aromatic carbocycles. The Morgan fingerprint density at radius 3 is 2.86 bits per heavy atom. The maximum Gasteiger partial charge on any atom is 0.0653 e. The molecule has 1 aliphatic rings. The summed E-state index contributed by atoms with van der Waals surface area (Å²) >= 11 is 0. The van der Waals surface area contributed by atoms with Crippen LogP contribution in [0.25, 0.3) is 10.9 Å². The molecule has 22 heavy (non-hydrogen) atoms. The third-order valence-corrected chi connectivity index (χ3v) is 4.58. The lowest BCUT2D eigenvalue weighted by Crippen LogP contribution is -2.28. The SMILES string of the molecule is N[C@@H]1CN(Cc2ccc3cn[nH]c3c2)C[C@H]1c1ccccc1. The number of likely N-dealkylation sites (tertiary alicyclic amines) is 1. The van der Waals surface area contributed by atoms with Crippen molar-refractivity contribution in [2.75, 3.05) is 13.1 Å². The Kier molecular flexibility index (Phi) is 3.41. The third-order valence-electron chi connectivity index (χ3n) is 4.58. The first-order valence-corrected chi connectivity index (χ1v) is 7.74. The van der Waals surface area contributed by atoms with Gasteiger partial charge in [0.1, 0.15) is 0 Å². The van der Waals surface area contributed by atoms with Crippen LogP contribution in [0.15, 0.2) is 54.7 Å². The van der Waals surface area contributed by atoms with Crippen LogP contribution in [-0.2, 0) is 6.54 Å². The van der Waals surface area contributed by atoms with Crippen LogP contribution in [0.4, 0.5) is 0 Å². The van der Waals surface area contributed by atoms with E-state index < -0.39 is 0 Å². The van der Waals surface area contributed by atoms with Crippen LogP contribution in [0.3, 0.4) is 0 Å². The van der Waals surface area contributed by atoms with Crippen LogP contribution in [0, 0.1) is 0 Å². The first kappa shape index (κ1) is 13.5. The van der Waals surface area contributed by atoms with Crippen molar-refractivity contribution >= 4 is 10.9 Å². The van der Waals surface area contributed by atoms with Crippen LogP contribution in [-0.4, -0.2) is 34.2 Å². The molecule has 2 atom stereocenters. The standard InChI is InChI=1S/C18H20N4/c19-17-12-22(11-16(17)14-4-2-1-3-5-14)10-13-6-7-15-9-20-21-18(15)8-13/h1-9,16-17H,10-12,19H2,(H,20,21)/t16-,17+/m0/s1. The van der Waals surface area contributed by atoms with Crippen LogP contribution >= 0.6 is 0 Å². The maximum atomic E-state index is 6.37. The number of nitrogens with zero attached hydrogens (tertiary/aromatic N) is 2. The molecule has 0 saturated carbocycles. The topological polar surface area (TPSA) is 57.9 Å². The molecule has 0 amide bonds. The van der Waals surface area contributed by atoms with Gasteiger partial charge < -0.3 is 5.73 Å². The van der Waals surface area contributed by atoms with E-state index in [1.165, 1.54) is 11.1 Å². The van der Waals surface area contributed by atoms with E-state index in [0.29, 0.717) is 5.92 Å². The van der Waals surface area contributed by atoms with Gasteiger partial charge in [0.05, 0.1) is 11.7 Å². The van der Waals surface area contributed by atoms with E-state index in [4.69, 9.17) is 5.73 Å². The van der Waals surface area contributed by atoms with Crippen molar-refractivity contribution in [3.05, 3.63) is 65.9 Å². The van der Waals surface area contributed by atoms with Crippen LogP contribution in [0.2, 0.25) is 0 Å². The number of fused-ring (bicyclic) bond motifs is 1. The highest BCUT2D eigenvalue weighted by Crippen LogP contribution is 2.27. The number of hydrogen-bond donors (Lipinski definition) is 2. The molecule has 3 N–H and O–H groups in total. The first-order chi connectivity index (χ1) is 10.8. The van der Waals surface area contributed by atoms with Crippen molar-refractivity contribution in [1.29, 1.82) is 0 Å². The Morgan fingerprint density at radius 1 is 1.14 bits per heavy atom. The minimum Gasteiger partial charge on any atom is -0.326 e. The zero-order chi connectivity index (χ0) is 14.9. The highest BCUT2D eigenvalue weighted by molar-refractivity contribution is 5.78. The molecular weight excluding hydrogens is 272 g/mol. The number of aromatic nitrogens is 2. The quantitative estimate of drug-likeness (QED) is 0.780. The normalized spacial score (nSPS) is 22.4. The second-order valence-corrected chi connectivity index (χ2v) is 6.17. The number of H-pyrrole nitrogens is 1. The fourth-order valence-electron chi connectivity index (χ4n) is 3.44. The highest BCUT2D eigenvalue weighted by Gasteiger charge is 2.30. The zero-order valence-corrected chi connectivity index (χ0v) is 12.4. The summed E-state index contributed by atoms with van der Waals surface area (Å²) in [5.74, 6) is 0.428. The number of benzene rings is 2. The number of nitrogens with one attached hydrogen (secondary N) is 1. The maximum absolute atomic E-state index is 6.37. The fraction of sp³-hybridized carbons (Fsp3) is 0.278. The predicted molar refractivity (Wildman–Crippen MR) is 88.5 cm³/mol. The molecule has 4 rings (SSSR count). The van der Waals surface area contributed by atoms with Gasteiger partial charge in [-0.2, -0.15) is 5.10 Å². The lowest BCUT2D eigenvalue weighted by Gasteiger charge is -2.16. The van der Waals surface area contributed by atoms with E-state index in [-0.39, 0.29) is 6.04 Å². The molecule has 4 heteroatoms. The van der Waals surface area contributed by atoms with Gasteiger partial charge in [-0.25, -0.2) is 0 Å². The van der Waals surface area contributed by atoms with Crippen LogP contribution in [0.5, 0.6) is 0 Å². The molecular formula is C18H20N4. The van der Waals surface area contributed by atoms with Gasteiger partial charge in [0.2, 0.25) is 0 Å². The van der Waals surface area contributed by atoms with Crippen molar-refractivity contribution in [3.63, 3.8) is 0 Å². The summed E-state index contributed by atoms with van der Waals surface area (Å²) in [6, 6.07) is 17.3. The minimum atomic E-state index is 0.207. The molecule has 3 aromatic rings. The number of hydrogen-bond acceptors (Lipinski definition) is 3. The minimum absolute atomic E-state index is 0.207. The highest BCUT2D eigenvalue weighted by atomic mass is 15.2. The summed E-state index contributed by atoms with van der Waals surface area (Å²) < 4.78 is 0. The average molecular weight is 292 g/mol. The Hall–Kier alpha value is -2.17. The summed E-state index contributed by atoms with van der Waals surface area (Å²) in [5.41, 5.74) is 10.1. The molecule has 1 fully saturated rings. The Labute approximate surface area is 129 Å². The molecule has 0 aliphatic carbocycles. The molecule has 0 bridgehead atoms. The zero-order valence-electron chi connectivity index (χ0n) is 12.4. The second-order valence-electron chi connectivity index (χ2n) is 6.17. The van der Waals surface area contributed by atoms with Crippen molar-refractivity contribution in [3.8, 4) is 0 Å². The molecule has 0 unspecified atom stereocenters. The summed E-state index contributed by atoms with van der Waals surface area (Å²) in [5, 5.41) is 8.27. The van der Waals surface area contributed by atoms with Gasteiger partial charge in [0, 0.05) is 37.0 Å².